The van der Waals surface area contributed by atoms with Gasteiger partial charge in [-0.25, -0.2) is 0 Å². The predicted molar refractivity (Wildman–Crippen MR) is 58.0 cm³/mol. The van der Waals surface area contributed by atoms with Gasteiger partial charge in [-0.05, 0) is 18.2 Å². The van der Waals surface area contributed by atoms with Gasteiger partial charge in [0.2, 0.25) is 0 Å². The van der Waals surface area contributed by atoms with Gasteiger partial charge < -0.3 is 5.11 Å². The minimum absolute atomic E-state index is 0.199. The van der Waals surface area contributed by atoms with Crippen molar-refractivity contribution in [1.29, 1.82) is 0 Å². The zero-order valence-electron chi connectivity index (χ0n) is 6.85. The minimum Gasteiger partial charge on any atom is -0.507 e. The molecule has 13 heavy (non-hydrogen) atoms. The molecular formula is C10H8BrClO. The molecule has 1 nitrogen and oxygen atoms in total. The van der Waals surface area contributed by atoms with E-state index in [-0.39, 0.29) is 5.75 Å². The summed E-state index contributed by atoms with van der Waals surface area (Å²) in [5, 5.41) is 9.38. The summed E-state index contributed by atoms with van der Waals surface area (Å²) in [4.78, 5) is 0. The van der Waals surface area contributed by atoms with Crippen molar-refractivity contribution in [3.63, 3.8) is 0 Å². The van der Waals surface area contributed by atoms with Gasteiger partial charge in [0.1, 0.15) is 5.75 Å². The van der Waals surface area contributed by atoms with Gasteiger partial charge in [0.05, 0.1) is 5.56 Å². The Bertz CT molecular complexity index is 352. The Morgan fingerprint density at radius 3 is 2.92 bits per heavy atom. The molecule has 1 N–H and O–H groups in total. The van der Waals surface area contributed by atoms with E-state index in [9.17, 15) is 5.11 Å². The Labute approximate surface area is 90.9 Å². The van der Waals surface area contributed by atoms with E-state index in [1.54, 1.807) is 18.2 Å². The molecule has 1 rings (SSSR count). The standard InChI is InChI=1S/C10H8BrClO/c11-9-4-5-10(13)8(7-9)3-1-2-6-12/h4-5,7,13H,2,6H2. The van der Waals surface area contributed by atoms with Gasteiger partial charge in [-0.15, -0.1) is 11.6 Å². The van der Waals surface area contributed by atoms with Crippen LogP contribution in [-0.2, 0) is 0 Å². The molecule has 3 heteroatoms. The lowest BCUT2D eigenvalue weighted by atomic mass is 10.2. The quantitative estimate of drug-likeness (QED) is 0.607. The maximum atomic E-state index is 9.38. The number of rotatable bonds is 1. The van der Waals surface area contributed by atoms with Crippen LogP contribution in [-0.4, -0.2) is 11.0 Å². The zero-order chi connectivity index (χ0) is 9.68. The SMILES string of the molecule is Oc1ccc(Br)cc1C#CCCCl. The third-order valence-electron chi connectivity index (χ3n) is 1.40. The first-order valence-corrected chi connectivity index (χ1v) is 5.10. The summed E-state index contributed by atoms with van der Waals surface area (Å²) in [5.41, 5.74) is 0.625. The fourth-order valence-electron chi connectivity index (χ4n) is 0.813. The Kier molecular flexibility index (Phi) is 4.14. The van der Waals surface area contributed by atoms with Crippen LogP contribution >= 0.6 is 27.5 Å². The summed E-state index contributed by atoms with van der Waals surface area (Å²) < 4.78 is 0.903. The lowest BCUT2D eigenvalue weighted by Gasteiger charge is -1.96. The van der Waals surface area contributed by atoms with Gasteiger partial charge in [0, 0.05) is 16.8 Å². The third kappa shape index (κ3) is 3.30. The summed E-state index contributed by atoms with van der Waals surface area (Å²) in [6, 6.07) is 5.15. The normalized spacial score (nSPS) is 9.08. The monoisotopic (exact) mass is 258 g/mol. The van der Waals surface area contributed by atoms with E-state index in [2.05, 4.69) is 27.8 Å². The van der Waals surface area contributed by atoms with Crippen molar-refractivity contribution >= 4 is 27.5 Å². The molecule has 0 aliphatic carbocycles. The molecular weight excluding hydrogens is 251 g/mol. The van der Waals surface area contributed by atoms with Crippen LogP contribution in [0.25, 0.3) is 0 Å². The summed E-state index contributed by atoms with van der Waals surface area (Å²) >= 11 is 8.76. The summed E-state index contributed by atoms with van der Waals surface area (Å²) in [6.45, 7) is 0. The lowest BCUT2D eigenvalue weighted by Crippen LogP contribution is -1.77. The van der Waals surface area contributed by atoms with Crippen LogP contribution in [0.4, 0.5) is 0 Å². The van der Waals surface area contributed by atoms with Crippen LogP contribution in [0.1, 0.15) is 12.0 Å². The van der Waals surface area contributed by atoms with E-state index in [1.807, 2.05) is 0 Å². The highest BCUT2D eigenvalue weighted by atomic mass is 79.9. The maximum absolute atomic E-state index is 9.38. The van der Waals surface area contributed by atoms with Crippen molar-refractivity contribution in [2.45, 2.75) is 6.42 Å². The van der Waals surface area contributed by atoms with Crippen LogP contribution in [0, 0.1) is 11.8 Å². The van der Waals surface area contributed by atoms with E-state index in [0.29, 0.717) is 17.9 Å². The molecule has 0 unspecified atom stereocenters. The van der Waals surface area contributed by atoms with Crippen molar-refractivity contribution in [3.05, 3.63) is 28.2 Å². The van der Waals surface area contributed by atoms with Crippen LogP contribution < -0.4 is 0 Å². The molecule has 0 aliphatic heterocycles. The maximum Gasteiger partial charge on any atom is 0.131 e. The highest BCUT2D eigenvalue weighted by molar-refractivity contribution is 9.10. The van der Waals surface area contributed by atoms with E-state index in [1.165, 1.54) is 0 Å². The van der Waals surface area contributed by atoms with E-state index >= 15 is 0 Å². The first-order valence-electron chi connectivity index (χ1n) is 3.77. The van der Waals surface area contributed by atoms with Gasteiger partial charge in [0.15, 0.2) is 0 Å². The summed E-state index contributed by atoms with van der Waals surface area (Å²) in [6.07, 6.45) is 0.632. The van der Waals surface area contributed by atoms with Crippen molar-refractivity contribution in [3.8, 4) is 17.6 Å². The molecule has 0 radical (unpaired) electrons. The molecule has 0 atom stereocenters. The number of aromatic hydroxyl groups is 1. The first-order chi connectivity index (χ1) is 6.24. The second-order valence-corrected chi connectivity index (χ2v) is 3.70. The van der Waals surface area contributed by atoms with Gasteiger partial charge in [-0.3, -0.25) is 0 Å². The molecule has 0 bridgehead atoms. The molecule has 0 saturated heterocycles. The third-order valence-corrected chi connectivity index (χ3v) is 2.08. The Morgan fingerprint density at radius 1 is 1.46 bits per heavy atom. The minimum atomic E-state index is 0.199. The number of halogens is 2. The van der Waals surface area contributed by atoms with Crippen molar-refractivity contribution < 1.29 is 5.11 Å². The van der Waals surface area contributed by atoms with Gasteiger partial charge in [-0.2, -0.15) is 0 Å². The van der Waals surface area contributed by atoms with Crippen LogP contribution in [0.5, 0.6) is 5.75 Å². The topological polar surface area (TPSA) is 20.2 Å². The van der Waals surface area contributed by atoms with Gasteiger partial charge in [-0.1, -0.05) is 27.8 Å². The number of phenolic OH excluding ortho intramolecular Hbond substituents is 1. The lowest BCUT2D eigenvalue weighted by molar-refractivity contribution is 0.473. The highest BCUT2D eigenvalue weighted by Crippen LogP contribution is 2.20. The fourth-order valence-corrected chi connectivity index (χ4v) is 1.27. The van der Waals surface area contributed by atoms with E-state index in [4.69, 9.17) is 11.6 Å². The molecule has 1 aromatic carbocycles. The molecule has 68 valence electrons. The second kappa shape index (κ2) is 5.16. The average molecular weight is 260 g/mol. The Balaban J connectivity index is 2.89. The van der Waals surface area contributed by atoms with Gasteiger partial charge >= 0.3 is 0 Å². The first kappa shape index (κ1) is 10.4. The summed E-state index contributed by atoms with van der Waals surface area (Å²) in [5.74, 6) is 6.41. The smallest absolute Gasteiger partial charge is 0.131 e. The van der Waals surface area contributed by atoms with Crippen LogP contribution in [0.2, 0.25) is 0 Å². The number of hydrogen-bond donors (Lipinski definition) is 1. The number of alkyl halides is 1. The van der Waals surface area contributed by atoms with Crippen molar-refractivity contribution in [2.24, 2.45) is 0 Å². The summed E-state index contributed by atoms with van der Waals surface area (Å²) in [7, 11) is 0. The molecule has 0 fully saturated rings. The highest BCUT2D eigenvalue weighted by Gasteiger charge is 1.96. The number of hydrogen-bond acceptors (Lipinski definition) is 1. The van der Waals surface area contributed by atoms with Gasteiger partial charge in [0.25, 0.3) is 0 Å². The van der Waals surface area contributed by atoms with Crippen LogP contribution in [0.15, 0.2) is 22.7 Å². The zero-order valence-corrected chi connectivity index (χ0v) is 9.19. The number of phenols is 1. The largest absolute Gasteiger partial charge is 0.507 e. The van der Waals surface area contributed by atoms with E-state index < -0.39 is 0 Å². The Hall–Kier alpha value is -0.650. The van der Waals surface area contributed by atoms with Crippen LogP contribution in [0.3, 0.4) is 0 Å². The van der Waals surface area contributed by atoms with Crippen molar-refractivity contribution in [2.75, 3.05) is 5.88 Å². The van der Waals surface area contributed by atoms with E-state index in [0.717, 1.165) is 4.47 Å². The molecule has 0 spiro atoms. The molecule has 0 aromatic heterocycles. The molecule has 0 saturated carbocycles. The predicted octanol–water partition coefficient (Wildman–Crippen LogP) is 3.14. The fraction of sp³-hybridized carbons (Fsp3) is 0.200. The average Bonchev–Trinajstić information content (AvgIpc) is 2.11. The molecule has 0 aliphatic rings. The Morgan fingerprint density at radius 2 is 2.23 bits per heavy atom. The molecule has 0 heterocycles. The second-order valence-electron chi connectivity index (χ2n) is 2.40. The number of benzene rings is 1. The molecule has 1 aromatic rings. The van der Waals surface area contributed by atoms with Crippen molar-refractivity contribution in [1.82, 2.24) is 0 Å². The molecule has 0 amide bonds.